The Morgan fingerprint density at radius 3 is 2.26 bits per heavy atom. The molecule has 2 aromatic rings. The molecule has 3 rings (SSSR count). The van der Waals surface area contributed by atoms with Crippen LogP contribution >= 0.6 is 0 Å². The molecule has 1 fully saturated rings. The zero-order chi connectivity index (χ0) is 19.6. The molecule has 1 aromatic carbocycles. The van der Waals surface area contributed by atoms with Crippen molar-refractivity contribution in [3.63, 3.8) is 0 Å². The molecule has 144 valence electrons. The van der Waals surface area contributed by atoms with Crippen molar-refractivity contribution in [1.29, 1.82) is 0 Å². The largest absolute Gasteiger partial charge is 0.339 e. The maximum atomic E-state index is 13.3. The van der Waals surface area contributed by atoms with Gasteiger partial charge in [0.25, 0.3) is 5.91 Å². The van der Waals surface area contributed by atoms with Crippen molar-refractivity contribution >= 4 is 11.8 Å². The topological polar surface area (TPSA) is 58.4 Å². The molecule has 6 heteroatoms. The Morgan fingerprint density at radius 2 is 1.67 bits per heavy atom. The summed E-state index contributed by atoms with van der Waals surface area (Å²) in [4.78, 5) is 28.5. The second-order valence-corrected chi connectivity index (χ2v) is 7.15. The van der Waals surface area contributed by atoms with E-state index in [4.69, 9.17) is 5.10 Å². The van der Waals surface area contributed by atoms with E-state index in [-0.39, 0.29) is 11.8 Å². The van der Waals surface area contributed by atoms with Gasteiger partial charge in [0.2, 0.25) is 5.91 Å². The molecular weight excluding hydrogens is 340 g/mol. The number of hydrogen-bond donors (Lipinski definition) is 0. The second kappa shape index (κ2) is 7.94. The molecule has 0 spiro atoms. The van der Waals surface area contributed by atoms with Gasteiger partial charge in [-0.3, -0.25) is 9.59 Å². The van der Waals surface area contributed by atoms with Gasteiger partial charge in [-0.2, -0.15) is 5.10 Å². The van der Waals surface area contributed by atoms with E-state index in [2.05, 4.69) is 19.9 Å². The van der Waals surface area contributed by atoms with Crippen LogP contribution in [-0.2, 0) is 11.2 Å². The minimum atomic E-state index is 0.0268. The van der Waals surface area contributed by atoms with Gasteiger partial charge in [-0.15, -0.1) is 0 Å². The van der Waals surface area contributed by atoms with Gasteiger partial charge >= 0.3 is 0 Å². The number of nitrogens with zero attached hydrogens (tertiary/aromatic N) is 4. The third-order valence-electron chi connectivity index (χ3n) is 5.25. The highest BCUT2D eigenvalue weighted by atomic mass is 16.2. The average molecular weight is 368 g/mol. The van der Waals surface area contributed by atoms with Crippen molar-refractivity contribution in [2.75, 3.05) is 26.2 Å². The Bertz CT molecular complexity index is 848. The summed E-state index contributed by atoms with van der Waals surface area (Å²) >= 11 is 0. The molecule has 6 nitrogen and oxygen atoms in total. The number of carbonyl (C=O) groups excluding carboxylic acids is 2. The van der Waals surface area contributed by atoms with Crippen LogP contribution in [0.25, 0.3) is 5.69 Å². The number of carbonyl (C=O) groups is 2. The van der Waals surface area contributed by atoms with Gasteiger partial charge in [-0.05, 0) is 31.9 Å². The molecule has 2 amide bonds. The molecule has 1 aromatic heterocycles. The summed E-state index contributed by atoms with van der Waals surface area (Å²) in [6.45, 7) is 10.0. The van der Waals surface area contributed by atoms with Crippen molar-refractivity contribution in [3.8, 4) is 5.69 Å². The van der Waals surface area contributed by atoms with Crippen molar-refractivity contribution in [1.82, 2.24) is 19.6 Å². The van der Waals surface area contributed by atoms with E-state index in [0.717, 1.165) is 41.0 Å². The lowest BCUT2D eigenvalue weighted by Gasteiger charge is -2.34. The molecule has 0 unspecified atom stereocenters. The Kier molecular flexibility index (Phi) is 5.63. The molecule has 0 atom stereocenters. The predicted octanol–water partition coefficient (Wildman–Crippen LogP) is 2.75. The molecule has 0 saturated carbocycles. The average Bonchev–Trinajstić information content (AvgIpc) is 2.98. The van der Waals surface area contributed by atoms with Crippen LogP contribution in [0.5, 0.6) is 0 Å². The number of rotatable bonds is 4. The van der Waals surface area contributed by atoms with E-state index >= 15 is 0 Å². The smallest absolute Gasteiger partial charge is 0.257 e. The minimum absolute atomic E-state index is 0.0268. The standard InChI is InChI=1S/C21H28N4O2/c1-5-8-18-20(21(27)24-13-11-23(12-14-24)17(4)26)16(3)25(22-18)19-10-7-6-9-15(19)2/h6-7,9-10H,5,8,11-14H2,1-4H3. The number of hydrogen-bond acceptors (Lipinski definition) is 3. The Labute approximate surface area is 160 Å². The summed E-state index contributed by atoms with van der Waals surface area (Å²) in [7, 11) is 0. The molecule has 2 heterocycles. The summed E-state index contributed by atoms with van der Waals surface area (Å²) in [5, 5.41) is 4.79. The van der Waals surface area contributed by atoms with Crippen LogP contribution in [0.4, 0.5) is 0 Å². The molecule has 27 heavy (non-hydrogen) atoms. The second-order valence-electron chi connectivity index (χ2n) is 7.15. The number of amides is 2. The highest BCUT2D eigenvalue weighted by molar-refractivity contribution is 5.97. The maximum absolute atomic E-state index is 13.3. The number of aryl methyl sites for hydroxylation is 2. The van der Waals surface area contributed by atoms with Gasteiger partial charge in [0.05, 0.1) is 22.6 Å². The molecule has 0 bridgehead atoms. The fourth-order valence-electron chi connectivity index (χ4n) is 3.67. The van der Waals surface area contributed by atoms with Crippen molar-refractivity contribution < 1.29 is 9.59 Å². The van der Waals surface area contributed by atoms with Crippen molar-refractivity contribution in [2.24, 2.45) is 0 Å². The Hall–Kier alpha value is -2.63. The third kappa shape index (κ3) is 3.75. The van der Waals surface area contributed by atoms with E-state index in [0.29, 0.717) is 26.2 Å². The molecule has 1 saturated heterocycles. The first kappa shape index (κ1) is 19.1. The first-order chi connectivity index (χ1) is 12.9. The predicted molar refractivity (Wildman–Crippen MR) is 105 cm³/mol. The van der Waals surface area contributed by atoms with E-state index in [1.54, 1.807) is 11.8 Å². The lowest BCUT2D eigenvalue weighted by Crippen LogP contribution is -2.50. The maximum Gasteiger partial charge on any atom is 0.257 e. The molecule has 1 aliphatic heterocycles. The summed E-state index contributed by atoms with van der Waals surface area (Å²) in [6.07, 6.45) is 1.71. The number of aromatic nitrogens is 2. The highest BCUT2D eigenvalue weighted by Crippen LogP contribution is 2.23. The van der Waals surface area contributed by atoms with E-state index in [1.165, 1.54) is 0 Å². The lowest BCUT2D eigenvalue weighted by atomic mass is 10.1. The SMILES string of the molecule is CCCc1nn(-c2ccccc2C)c(C)c1C(=O)N1CCN(C(C)=O)CC1. The third-order valence-corrected chi connectivity index (χ3v) is 5.25. The summed E-state index contributed by atoms with van der Waals surface area (Å²) in [5.74, 6) is 0.0938. The van der Waals surface area contributed by atoms with Gasteiger partial charge in [-0.1, -0.05) is 31.5 Å². The van der Waals surface area contributed by atoms with Crippen LogP contribution in [0.3, 0.4) is 0 Å². The van der Waals surface area contributed by atoms with Gasteiger partial charge in [-0.25, -0.2) is 4.68 Å². The van der Waals surface area contributed by atoms with Gasteiger partial charge < -0.3 is 9.80 Å². The van der Waals surface area contributed by atoms with Crippen LogP contribution in [0.15, 0.2) is 24.3 Å². The number of para-hydroxylation sites is 1. The lowest BCUT2D eigenvalue weighted by molar-refractivity contribution is -0.130. The van der Waals surface area contributed by atoms with Gasteiger partial charge in [0.1, 0.15) is 0 Å². The summed E-state index contributed by atoms with van der Waals surface area (Å²) < 4.78 is 1.90. The van der Waals surface area contributed by atoms with Crippen molar-refractivity contribution in [3.05, 3.63) is 46.8 Å². The molecule has 0 radical (unpaired) electrons. The van der Waals surface area contributed by atoms with Crippen LogP contribution in [0, 0.1) is 13.8 Å². The molecule has 0 N–H and O–H groups in total. The number of benzene rings is 1. The first-order valence-electron chi connectivity index (χ1n) is 9.63. The van der Waals surface area contributed by atoms with Crippen LogP contribution in [0.2, 0.25) is 0 Å². The number of piperazine rings is 1. The van der Waals surface area contributed by atoms with Crippen LogP contribution in [0.1, 0.15) is 47.6 Å². The fraction of sp³-hybridized carbons (Fsp3) is 0.476. The zero-order valence-corrected chi connectivity index (χ0v) is 16.7. The molecular formula is C21H28N4O2. The van der Waals surface area contributed by atoms with Crippen molar-refractivity contribution in [2.45, 2.75) is 40.5 Å². The Morgan fingerprint density at radius 1 is 1.04 bits per heavy atom. The quantitative estimate of drug-likeness (QED) is 0.834. The fourth-order valence-corrected chi connectivity index (χ4v) is 3.67. The van der Waals surface area contributed by atoms with Gasteiger partial charge in [0, 0.05) is 33.1 Å². The summed E-state index contributed by atoms with van der Waals surface area (Å²) in [6, 6.07) is 8.08. The van der Waals surface area contributed by atoms with E-state index < -0.39 is 0 Å². The summed E-state index contributed by atoms with van der Waals surface area (Å²) in [5.41, 5.74) is 4.59. The Balaban J connectivity index is 1.94. The molecule has 0 aliphatic carbocycles. The zero-order valence-electron chi connectivity index (χ0n) is 16.7. The van der Waals surface area contributed by atoms with Crippen LogP contribution < -0.4 is 0 Å². The minimum Gasteiger partial charge on any atom is -0.339 e. The van der Waals surface area contributed by atoms with E-state index in [1.807, 2.05) is 34.7 Å². The normalized spacial score (nSPS) is 14.5. The monoisotopic (exact) mass is 368 g/mol. The van der Waals surface area contributed by atoms with E-state index in [9.17, 15) is 9.59 Å². The van der Waals surface area contributed by atoms with Gasteiger partial charge in [0.15, 0.2) is 0 Å². The van der Waals surface area contributed by atoms with Crippen LogP contribution in [-0.4, -0.2) is 57.6 Å². The molecule has 1 aliphatic rings. The highest BCUT2D eigenvalue weighted by Gasteiger charge is 2.28. The first-order valence-corrected chi connectivity index (χ1v) is 9.63.